The third-order valence-corrected chi connectivity index (χ3v) is 1.35. The molecule has 0 bridgehead atoms. The maximum absolute atomic E-state index is 10.2. The Bertz CT molecular complexity index is 278. The fourth-order valence-electron chi connectivity index (χ4n) is 0.700. The summed E-state index contributed by atoms with van der Waals surface area (Å²) in [6, 6.07) is 3.14. The average molecular weight is 208 g/mol. The van der Waals surface area contributed by atoms with Gasteiger partial charge in [0, 0.05) is 11.2 Å². The van der Waals surface area contributed by atoms with E-state index in [1.54, 1.807) is 6.07 Å². The van der Waals surface area contributed by atoms with Crippen molar-refractivity contribution in [1.29, 1.82) is 0 Å². The first-order valence-electron chi connectivity index (χ1n) is 3.00. The number of halogens is 2. The zero-order chi connectivity index (χ0) is 8.27. The van der Waals surface area contributed by atoms with Crippen LogP contribution in [0.2, 0.25) is 5.02 Å². The van der Waals surface area contributed by atoms with Crippen molar-refractivity contribution >= 4 is 30.0 Å². The average Bonchev–Trinajstić information content (AvgIpc) is 1.85. The number of hydrogen-bond donors (Lipinski definition) is 1. The van der Waals surface area contributed by atoms with E-state index < -0.39 is 5.97 Å². The normalized spacial score (nSPS) is 8.75. The highest BCUT2D eigenvalue weighted by atomic mass is 35.5. The van der Waals surface area contributed by atoms with Crippen LogP contribution >= 0.6 is 24.0 Å². The van der Waals surface area contributed by atoms with Gasteiger partial charge in [0.1, 0.15) is 0 Å². The van der Waals surface area contributed by atoms with Gasteiger partial charge in [0.15, 0.2) is 0 Å². The van der Waals surface area contributed by atoms with Crippen LogP contribution in [0.15, 0.2) is 18.3 Å². The number of rotatable bonds is 2. The molecule has 0 radical (unpaired) electrons. The third kappa shape index (κ3) is 3.55. The molecule has 0 spiro atoms. The molecule has 12 heavy (non-hydrogen) atoms. The Balaban J connectivity index is 0.00000121. The molecule has 0 saturated heterocycles. The molecular formula is C7H7Cl2NO2. The van der Waals surface area contributed by atoms with E-state index in [2.05, 4.69) is 4.98 Å². The minimum Gasteiger partial charge on any atom is -0.481 e. The summed E-state index contributed by atoms with van der Waals surface area (Å²) in [4.78, 5) is 14.0. The fraction of sp³-hybridized carbons (Fsp3) is 0.143. The first-order chi connectivity index (χ1) is 5.18. The molecule has 0 atom stereocenters. The summed E-state index contributed by atoms with van der Waals surface area (Å²) >= 11 is 5.60. The molecule has 0 aliphatic heterocycles. The van der Waals surface area contributed by atoms with Gasteiger partial charge in [-0.15, -0.1) is 12.4 Å². The van der Waals surface area contributed by atoms with Gasteiger partial charge in [-0.25, -0.2) is 0 Å². The Morgan fingerprint density at radius 2 is 2.33 bits per heavy atom. The molecule has 1 N–H and O–H groups in total. The first kappa shape index (κ1) is 11.2. The van der Waals surface area contributed by atoms with E-state index in [-0.39, 0.29) is 18.8 Å². The number of pyridine rings is 1. The van der Waals surface area contributed by atoms with Crippen LogP contribution in [0.4, 0.5) is 0 Å². The van der Waals surface area contributed by atoms with Gasteiger partial charge >= 0.3 is 5.97 Å². The molecule has 66 valence electrons. The van der Waals surface area contributed by atoms with Crippen molar-refractivity contribution in [3.8, 4) is 0 Å². The van der Waals surface area contributed by atoms with Crippen molar-refractivity contribution < 1.29 is 9.90 Å². The standard InChI is InChI=1S/C7H6ClNO2.ClH/c8-5-1-2-9-6(3-5)4-7(10)11;/h1-3H,4H2,(H,10,11);1H. The predicted octanol–water partition coefficient (Wildman–Crippen LogP) is 1.78. The van der Waals surface area contributed by atoms with Crippen molar-refractivity contribution in [3.63, 3.8) is 0 Å². The largest absolute Gasteiger partial charge is 0.481 e. The molecule has 0 saturated carbocycles. The summed E-state index contributed by atoms with van der Waals surface area (Å²) in [5, 5.41) is 8.89. The summed E-state index contributed by atoms with van der Waals surface area (Å²) in [5.41, 5.74) is 0.477. The predicted molar refractivity (Wildman–Crippen MR) is 47.8 cm³/mol. The van der Waals surface area contributed by atoms with E-state index in [9.17, 15) is 4.79 Å². The molecule has 3 nitrogen and oxygen atoms in total. The number of aromatic nitrogens is 1. The maximum atomic E-state index is 10.2. The Kier molecular flexibility index (Phi) is 4.62. The minimum atomic E-state index is -0.903. The zero-order valence-electron chi connectivity index (χ0n) is 6.03. The molecule has 0 aliphatic carbocycles. The van der Waals surface area contributed by atoms with Crippen LogP contribution in [0.5, 0.6) is 0 Å². The quantitative estimate of drug-likeness (QED) is 0.805. The van der Waals surface area contributed by atoms with Crippen LogP contribution in [-0.2, 0) is 11.2 Å². The lowest BCUT2D eigenvalue weighted by molar-refractivity contribution is -0.136. The number of carboxylic acids is 1. The molecule has 1 aromatic heterocycles. The number of nitrogens with zero attached hydrogens (tertiary/aromatic N) is 1. The van der Waals surface area contributed by atoms with Crippen LogP contribution in [0.25, 0.3) is 0 Å². The molecular weight excluding hydrogens is 201 g/mol. The van der Waals surface area contributed by atoms with Crippen molar-refractivity contribution in [1.82, 2.24) is 4.98 Å². The molecule has 1 rings (SSSR count). The summed E-state index contributed by atoms with van der Waals surface area (Å²) in [6.45, 7) is 0. The van der Waals surface area contributed by atoms with Crippen LogP contribution in [0, 0.1) is 0 Å². The second-order valence-electron chi connectivity index (χ2n) is 2.04. The van der Waals surface area contributed by atoms with Crippen LogP contribution in [-0.4, -0.2) is 16.1 Å². The molecule has 0 aliphatic rings. The van der Waals surface area contributed by atoms with Gasteiger partial charge in [-0.2, -0.15) is 0 Å². The number of hydrogen-bond acceptors (Lipinski definition) is 2. The molecule has 0 fully saturated rings. The van der Waals surface area contributed by atoms with Crippen LogP contribution in [0.1, 0.15) is 5.69 Å². The van der Waals surface area contributed by atoms with Crippen LogP contribution in [0.3, 0.4) is 0 Å². The zero-order valence-corrected chi connectivity index (χ0v) is 7.60. The second kappa shape index (κ2) is 4.95. The number of carboxylic acid groups (broad SMARTS) is 1. The van der Waals surface area contributed by atoms with E-state index in [1.807, 2.05) is 0 Å². The smallest absolute Gasteiger partial charge is 0.309 e. The van der Waals surface area contributed by atoms with E-state index in [0.717, 1.165) is 0 Å². The van der Waals surface area contributed by atoms with Gasteiger partial charge < -0.3 is 5.11 Å². The Morgan fingerprint density at radius 1 is 1.67 bits per heavy atom. The Hall–Kier alpha value is -0.800. The Morgan fingerprint density at radius 3 is 2.83 bits per heavy atom. The van der Waals surface area contributed by atoms with E-state index in [0.29, 0.717) is 10.7 Å². The van der Waals surface area contributed by atoms with Crippen molar-refractivity contribution in [2.75, 3.05) is 0 Å². The van der Waals surface area contributed by atoms with E-state index in [4.69, 9.17) is 16.7 Å². The molecule has 5 heteroatoms. The SMILES string of the molecule is Cl.O=C(O)Cc1cc(Cl)ccn1. The second-order valence-corrected chi connectivity index (χ2v) is 2.47. The maximum Gasteiger partial charge on any atom is 0.309 e. The molecule has 1 heterocycles. The topological polar surface area (TPSA) is 50.2 Å². The molecule has 0 aromatic carbocycles. The Labute approximate surface area is 80.8 Å². The lowest BCUT2D eigenvalue weighted by atomic mass is 10.3. The molecule has 0 amide bonds. The van der Waals surface area contributed by atoms with Crippen molar-refractivity contribution in [2.24, 2.45) is 0 Å². The number of aliphatic carboxylic acids is 1. The first-order valence-corrected chi connectivity index (χ1v) is 3.38. The van der Waals surface area contributed by atoms with Gasteiger partial charge in [-0.1, -0.05) is 11.6 Å². The third-order valence-electron chi connectivity index (χ3n) is 1.11. The van der Waals surface area contributed by atoms with Crippen LogP contribution < -0.4 is 0 Å². The van der Waals surface area contributed by atoms with Gasteiger partial charge in [-0.05, 0) is 12.1 Å². The lowest BCUT2D eigenvalue weighted by Gasteiger charge is -1.94. The van der Waals surface area contributed by atoms with Crippen molar-refractivity contribution in [2.45, 2.75) is 6.42 Å². The van der Waals surface area contributed by atoms with E-state index in [1.165, 1.54) is 12.3 Å². The van der Waals surface area contributed by atoms with E-state index >= 15 is 0 Å². The summed E-state index contributed by atoms with van der Waals surface area (Å²) in [6.07, 6.45) is 1.40. The minimum absolute atomic E-state index is 0. The summed E-state index contributed by atoms with van der Waals surface area (Å²) in [5.74, 6) is -0.903. The highest BCUT2D eigenvalue weighted by molar-refractivity contribution is 6.30. The fourth-order valence-corrected chi connectivity index (χ4v) is 0.883. The van der Waals surface area contributed by atoms with Crippen molar-refractivity contribution in [3.05, 3.63) is 29.0 Å². The molecule has 1 aromatic rings. The van der Waals surface area contributed by atoms with Gasteiger partial charge in [0.05, 0.1) is 12.1 Å². The highest BCUT2D eigenvalue weighted by Gasteiger charge is 2.00. The van der Waals surface area contributed by atoms with Gasteiger partial charge in [0.25, 0.3) is 0 Å². The van der Waals surface area contributed by atoms with Gasteiger partial charge in [0.2, 0.25) is 0 Å². The lowest BCUT2D eigenvalue weighted by Crippen LogP contribution is -2.01. The summed E-state index contributed by atoms with van der Waals surface area (Å²) < 4.78 is 0. The number of carbonyl (C=O) groups is 1. The molecule has 0 unspecified atom stereocenters. The van der Waals surface area contributed by atoms with Gasteiger partial charge in [-0.3, -0.25) is 9.78 Å². The summed E-state index contributed by atoms with van der Waals surface area (Å²) in [7, 11) is 0. The highest BCUT2D eigenvalue weighted by Crippen LogP contribution is 2.07. The monoisotopic (exact) mass is 207 g/mol.